The van der Waals surface area contributed by atoms with Crippen molar-refractivity contribution in [1.82, 2.24) is 15.3 Å². The van der Waals surface area contributed by atoms with Crippen LogP contribution < -0.4 is 15.3 Å². The molecule has 1 rings (SSSR count). The van der Waals surface area contributed by atoms with Crippen LogP contribution in [0.1, 0.15) is 19.3 Å². The highest BCUT2D eigenvalue weighted by molar-refractivity contribution is 8.14. The van der Waals surface area contributed by atoms with Crippen LogP contribution in [0, 0.1) is 0 Å². The van der Waals surface area contributed by atoms with E-state index in [1.807, 2.05) is 7.05 Å². The minimum Gasteiger partial charge on any atom is -0.393 e. The maximum atomic E-state index is 9.82. The van der Waals surface area contributed by atoms with Gasteiger partial charge in [0, 0.05) is 18.2 Å². The molecule has 1 fully saturated rings. The predicted octanol–water partition coefficient (Wildman–Crippen LogP) is -0.462. The molecule has 0 spiro atoms. The third kappa shape index (κ3) is 5.10. The Balaban J connectivity index is 2.46. The average Bonchev–Trinajstić information content (AvgIpc) is 2.32. The molecule has 6 heteroatoms. The summed E-state index contributed by atoms with van der Waals surface area (Å²) in [6, 6.07) is 0. The number of hydrogen-bond acceptors (Lipinski definition) is 4. The van der Waals surface area contributed by atoms with Crippen LogP contribution in [0.5, 0.6) is 0 Å². The molecule has 0 aromatic rings. The largest absolute Gasteiger partial charge is 0.405 e. The Morgan fingerprint density at radius 1 is 1.53 bits per heavy atom. The lowest BCUT2D eigenvalue weighted by molar-refractivity contribution is -0.0607. The van der Waals surface area contributed by atoms with E-state index < -0.39 is 0 Å². The van der Waals surface area contributed by atoms with Crippen molar-refractivity contribution in [3.63, 3.8) is 0 Å². The third-order valence-corrected chi connectivity index (χ3v) is 3.78. The molecule has 0 amide bonds. The van der Waals surface area contributed by atoms with Crippen molar-refractivity contribution in [3.05, 3.63) is 0 Å². The van der Waals surface area contributed by atoms with Gasteiger partial charge < -0.3 is 15.2 Å². The van der Waals surface area contributed by atoms with Crippen molar-refractivity contribution >= 4 is 23.6 Å². The molecule has 3 atom stereocenters. The minimum absolute atomic E-state index is 0.0476. The molecular formula is C11H22N3O2S+. The van der Waals surface area contributed by atoms with Gasteiger partial charge in [0.1, 0.15) is 5.44 Å². The summed E-state index contributed by atoms with van der Waals surface area (Å²) < 4.78 is 9.76. The highest BCUT2D eigenvalue weighted by Crippen LogP contribution is 2.28. The lowest BCUT2D eigenvalue weighted by Crippen LogP contribution is -2.37. The molecule has 3 N–H and O–H groups in total. The average molecular weight is 260 g/mol. The van der Waals surface area contributed by atoms with Crippen LogP contribution in [-0.2, 0) is 4.74 Å². The Bertz CT molecular complexity index is 282. The van der Waals surface area contributed by atoms with Crippen molar-refractivity contribution in [1.29, 1.82) is 0 Å². The first-order chi connectivity index (χ1) is 8.19. The first-order valence-corrected chi connectivity index (χ1v) is 6.73. The van der Waals surface area contributed by atoms with Crippen molar-refractivity contribution in [2.75, 3.05) is 20.6 Å². The Hall–Kier alpha value is -0.520. The fraction of sp³-hybridized carbons (Fsp3) is 0.818. The number of aliphatic hydroxyl groups excluding tert-OH is 1. The van der Waals surface area contributed by atoms with E-state index in [2.05, 4.69) is 22.0 Å². The second-order valence-corrected chi connectivity index (χ2v) is 5.18. The van der Waals surface area contributed by atoms with Gasteiger partial charge in [0.2, 0.25) is 0 Å². The van der Waals surface area contributed by atoms with E-state index in [1.54, 1.807) is 7.05 Å². The first-order valence-electron chi connectivity index (χ1n) is 5.85. The van der Waals surface area contributed by atoms with E-state index in [9.17, 15) is 5.11 Å². The number of hydrogen-bond donors (Lipinski definition) is 3. The predicted molar refractivity (Wildman–Crippen MR) is 73.4 cm³/mol. The maximum Gasteiger partial charge on any atom is 0.405 e. The number of rotatable bonds is 4. The smallest absolute Gasteiger partial charge is 0.393 e. The van der Waals surface area contributed by atoms with Gasteiger partial charge in [-0.1, -0.05) is 0 Å². The van der Waals surface area contributed by atoms with Crippen molar-refractivity contribution in [3.8, 4) is 0 Å². The summed E-state index contributed by atoms with van der Waals surface area (Å²) in [4.78, 5) is 0. The normalized spacial score (nSPS) is 28.5. The highest BCUT2D eigenvalue weighted by Gasteiger charge is 2.31. The highest BCUT2D eigenvalue weighted by atomic mass is 32.2. The number of ether oxygens (including phenoxy) is 1. The number of thioether (sulfide) groups is 1. The molecular weight excluding hydrogens is 238 g/mol. The van der Waals surface area contributed by atoms with Gasteiger partial charge in [-0.2, -0.15) is 0 Å². The van der Waals surface area contributed by atoms with Crippen molar-refractivity contribution in [2.24, 2.45) is 0 Å². The Kier molecular flexibility index (Phi) is 6.62. The monoisotopic (exact) mass is 260 g/mol. The standard InChI is InChI=1S/C11H21N3O2S/c1-12-5-4-9-6-8(15)7-10(16-9)17-11(13-2)14-3/h8-10,12,15H,2,4-7H2,1,3H3/p+1. The SMILES string of the molecule is C=[N+]=C(NC)SC1CC(O)CC(CCNC)O1. The lowest BCUT2D eigenvalue weighted by Gasteiger charge is -2.31. The minimum atomic E-state index is -0.286. The van der Waals surface area contributed by atoms with Gasteiger partial charge >= 0.3 is 5.17 Å². The molecule has 0 aromatic heterocycles. The van der Waals surface area contributed by atoms with Gasteiger partial charge in [-0.05, 0) is 26.4 Å². The van der Waals surface area contributed by atoms with Gasteiger partial charge in [-0.25, -0.2) is 4.67 Å². The quantitative estimate of drug-likeness (QED) is 0.362. The molecule has 5 nitrogen and oxygen atoms in total. The van der Waals surface area contributed by atoms with Gasteiger partial charge in [0.25, 0.3) is 0 Å². The third-order valence-electron chi connectivity index (χ3n) is 2.66. The zero-order valence-electron chi connectivity index (χ0n) is 10.5. The Morgan fingerprint density at radius 3 is 2.88 bits per heavy atom. The van der Waals surface area contributed by atoms with Crippen LogP contribution in [0.3, 0.4) is 0 Å². The first kappa shape index (κ1) is 14.5. The molecule has 98 valence electrons. The van der Waals surface area contributed by atoms with Gasteiger partial charge in [0.15, 0.2) is 6.72 Å². The summed E-state index contributed by atoms with van der Waals surface area (Å²) in [7, 11) is 3.72. The molecule has 0 bridgehead atoms. The number of aliphatic hydroxyl groups is 1. The lowest BCUT2D eigenvalue weighted by atomic mass is 10.0. The van der Waals surface area contributed by atoms with Crippen LogP contribution in [-0.4, -0.2) is 55.3 Å². The van der Waals surface area contributed by atoms with E-state index in [1.165, 1.54) is 11.8 Å². The Morgan fingerprint density at radius 2 is 2.29 bits per heavy atom. The summed E-state index contributed by atoms with van der Waals surface area (Å²) in [5, 5.41) is 16.6. The zero-order chi connectivity index (χ0) is 12.7. The van der Waals surface area contributed by atoms with Gasteiger partial charge in [-0.15, -0.1) is 0 Å². The molecule has 0 aliphatic carbocycles. The summed E-state index contributed by atoms with van der Waals surface area (Å²) in [6.07, 6.45) is 2.11. The molecule has 1 heterocycles. The van der Waals surface area contributed by atoms with Crippen LogP contribution in [0.25, 0.3) is 0 Å². The molecule has 0 aromatic carbocycles. The van der Waals surface area contributed by atoms with E-state index >= 15 is 0 Å². The van der Waals surface area contributed by atoms with Gasteiger partial charge in [-0.3, -0.25) is 5.32 Å². The molecule has 1 saturated heterocycles. The van der Waals surface area contributed by atoms with Crippen molar-refractivity contribution < 1.29 is 9.84 Å². The van der Waals surface area contributed by atoms with E-state index in [0.29, 0.717) is 6.42 Å². The summed E-state index contributed by atoms with van der Waals surface area (Å²) in [5.41, 5.74) is -0.0476. The van der Waals surface area contributed by atoms with Gasteiger partial charge in [0.05, 0.1) is 19.3 Å². The van der Waals surface area contributed by atoms with Crippen LogP contribution in [0.2, 0.25) is 0 Å². The van der Waals surface area contributed by atoms with Crippen molar-refractivity contribution in [2.45, 2.75) is 36.9 Å². The van der Waals surface area contributed by atoms with Crippen LogP contribution in [0.15, 0.2) is 0 Å². The number of nitrogens with zero attached hydrogens (tertiary/aromatic N) is 1. The fourth-order valence-electron chi connectivity index (χ4n) is 1.81. The fourth-order valence-corrected chi connectivity index (χ4v) is 2.79. The second-order valence-electron chi connectivity index (χ2n) is 4.04. The topological polar surface area (TPSA) is 67.6 Å². The molecule has 0 saturated carbocycles. The summed E-state index contributed by atoms with van der Waals surface area (Å²) >= 11 is 1.48. The van der Waals surface area contributed by atoms with E-state index in [-0.39, 0.29) is 17.6 Å². The number of amidine groups is 1. The zero-order valence-corrected chi connectivity index (χ0v) is 11.3. The summed E-state index contributed by atoms with van der Waals surface area (Å²) in [5.74, 6) is 0. The van der Waals surface area contributed by atoms with Crippen LogP contribution in [0.4, 0.5) is 0 Å². The van der Waals surface area contributed by atoms with Crippen LogP contribution >= 0.6 is 11.8 Å². The van der Waals surface area contributed by atoms with E-state index in [0.717, 1.165) is 24.6 Å². The summed E-state index contributed by atoms with van der Waals surface area (Å²) in [6.45, 7) is 4.39. The maximum absolute atomic E-state index is 9.82. The molecule has 17 heavy (non-hydrogen) atoms. The van der Waals surface area contributed by atoms with E-state index in [4.69, 9.17) is 4.74 Å². The molecule has 1 aliphatic rings. The molecule has 1 aliphatic heterocycles. The second kappa shape index (κ2) is 7.74. The number of nitrogens with one attached hydrogen (secondary N) is 2. The Labute approximate surface area is 107 Å². The molecule has 0 radical (unpaired) electrons. The molecule has 3 unspecified atom stereocenters.